The Bertz CT molecular complexity index is 830. The van der Waals surface area contributed by atoms with Crippen LogP contribution < -0.4 is 0 Å². The van der Waals surface area contributed by atoms with Crippen molar-refractivity contribution in [3.8, 4) is 11.4 Å². The number of fused-ring (bicyclic) bond motifs is 2. The van der Waals surface area contributed by atoms with E-state index in [1.54, 1.807) is 12.4 Å². The third-order valence-corrected chi connectivity index (χ3v) is 3.37. The number of hydrogen-bond donors (Lipinski definition) is 0. The molecule has 0 saturated heterocycles. The molecule has 4 heteroatoms. The van der Waals surface area contributed by atoms with Gasteiger partial charge in [-0.3, -0.25) is 0 Å². The van der Waals surface area contributed by atoms with Crippen LogP contribution in [0.5, 0.6) is 0 Å². The Morgan fingerprint density at radius 1 is 0.550 bits per heavy atom. The monoisotopic (exact) mass is 258 g/mol. The fourth-order valence-electron chi connectivity index (χ4n) is 2.41. The largest absolute Gasteiger partial charge is 0.158 e. The predicted molar refractivity (Wildman–Crippen MR) is 78.1 cm³/mol. The Morgan fingerprint density at radius 2 is 1.00 bits per heavy atom. The van der Waals surface area contributed by atoms with Gasteiger partial charge >= 0.3 is 0 Å². The summed E-state index contributed by atoms with van der Waals surface area (Å²) in [5, 5.41) is 20.9. The van der Waals surface area contributed by atoms with Crippen molar-refractivity contribution < 1.29 is 0 Å². The van der Waals surface area contributed by atoms with Gasteiger partial charge in [-0.2, -0.15) is 10.2 Å². The number of rotatable bonds is 1. The van der Waals surface area contributed by atoms with Crippen LogP contribution in [0.3, 0.4) is 0 Å². The zero-order valence-electron chi connectivity index (χ0n) is 10.6. The molecule has 0 unspecified atom stereocenters. The van der Waals surface area contributed by atoms with Crippen LogP contribution >= 0.6 is 0 Å². The first-order chi connectivity index (χ1) is 9.93. The van der Waals surface area contributed by atoms with E-state index in [4.69, 9.17) is 0 Å². The zero-order chi connectivity index (χ0) is 13.4. The van der Waals surface area contributed by atoms with Crippen molar-refractivity contribution in [2.24, 2.45) is 0 Å². The first kappa shape index (κ1) is 11.0. The molecule has 94 valence electrons. The maximum atomic E-state index is 4.27. The summed E-state index contributed by atoms with van der Waals surface area (Å²) in [5.41, 5.74) is 1.54. The van der Waals surface area contributed by atoms with Crippen LogP contribution in [0.15, 0.2) is 60.9 Å². The Morgan fingerprint density at radius 3 is 1.50 bits per heavy atom. The van der Waals surface area contributed by atoms with Crippen LogP contribution in [-0.4, -0.2) is 20.4 Å². The zero-order valence-corrected chi connectivity index (χ0v) is 10.6. The average molecular weight is 258 g/mol. The minimum absolute atomic E-state index is 0.771. The highest BCUT2D eigenvalue weighted by atomic mass is 15.1. The van der Waals surface area contributed by atoms with Gasteiger partial charge in [0.15, 0.2) is 0 Å². The van der Waals surface area contributed by atoms with E-state index in [0.29, 0.717) is 0 Å². The van der Waals surface area contributed by atoms with E-state index in [2.05, 4.69) is 20.4 Å². The molecular formula is C16H10N4. The lowest BCUT2D eigenvalue weighted by molar-refractivity contribution is 1.01. The van der Waals surface area contributed by atoms with Crippen LogP contribution in [0.25, 0.3) is 32.9 Å². The lowest BCUT2D eigenvalue weighted by atomic mass is 10.1. The molecule has 0 fully saturated rings. The maximum Gasteiger partial charge on any atom is 0.122 e. The molecule has 0 atom stereocenters. The van der Waals surface area contributed by atoms with Gasteiger partial charge in [-0.1, -0.05) is 48.5 Å². The second-order valence-corrected chi connectivity index (χ2v) is 4.56. The number of nitrogens with zero attached hydrogens (tertiary/aromatic N) is 4. The molecule has 0 aliphatic heterocycles. The third-order valence-electron chi connectivity index (χ3n) is 3.37. The Hall–Kier alpha value is -2.88. The highest BCUT2D eigenvalue weighted by Crippen LogP contribution is 2.28. The Labute approximate surface area is 115 Å². The van der Waals surface area contributed by atoms with Crippen molar-refractivity contribution in [3.63, 3.8) is 0 Å². The van der Waals surface area contributed by atoms with Crippen LogP contribution in [0.2, 0.25) is 0 Å². The summed E-state index contributed by atoms with van der Waals surface area (Å²) in [4.78, 5) is 0. The minimum Gasteiger partial charge on any atom is -0.158 e. The van der Waals surface area contributed by atoms with Gasteiger partial charge < -0.3 is 0 Å². The molecule has 2 heterocycles. The van der Waals surface area contributed by atoms with Gasteiger partial charge in [0, 0.05) is 21.5 Å². The highest BCUT2D eigenvalue weighted by molar-refractivity contribution is 6.01. The average Bonchev–Trinajstić information content (AvgIpc) is 2.54. The number of aromatic nitrogens is 4. The van der Waals surface area contributed by atoms with Gasteiger partial charge in [0.25, 0.3) is 0 Å². The molecule has 2 aromatic carbocycles. The van der Waals surface area contributed by atoms with E-state index >= 15 is 0 Å². The molecule has 2 aromatic heterocycles. The number of benzene rings is 2. The van der Waals surface area contributed by atoms with E-state index in [9.17, 15) is 0 Å². The minimum atomic E-state index is 0.771. The van der Waals surface area contributed by atoms with E-state index in [1.807, 2.05) is 48.5 Å². The van der Waals surface area contributed by atoms with Crippen LogP contribution in [0.1, 0.15) is 0 Å². The molecule has 0 aliphatic rings. The van der Waals surface area contributed by atoms with Gasteiger partial charge in [0.2, 0.25) is 0 Å². The maximum absolute atomic E-state index is 4.27. The third kappa shape index (κ3) is 1.62. The quantitative estimate of drug-likeness (QED) is 0.526. The fraction of sp³-hybridized carbons (Fsp3) is 0. The van der Waals surface area contributed by atoms with Gasteiger partial charge in [-0.05, 0) is 0 Å². The second-order valence-electron chi connectivity index (χ2n) is 4.56. The smallest absolute Gasteiger partial charge is 0.122 e. The Kier molecular flexibility index (Phi) is 2.39. The van der Waals surface area contributed by atoms with E-state index in [0.717, 1.165) is 32.9 Å². The molecular weight excluding hydrogens is 248 g/mol. The highest BCUT2D eigenvalue weighted by Gasteiger charge is 2.11. The first-order valence-electron chi connectivity index (χ1n) is 6.35. The molecule has 4 nitrogen and oxygen atoms in total. The normalized spacial score (nSPS) is 11.0. The molecule has 0 N–H and O–H groups in total. The topological polar surface area (TPSA) is 51.6 Å². The van der Waals surface area contributed by atoms with Gasteiger partial charge in [-0.15, -0.1) is 10.2 Å². The molecule has 4 rings (SSSR count). The summed E-state index contributed by atoms with van der Waals surface area (Å²) in [6, 6.07) is 16.1. The van der Waals surface area contributed by atoms with Crippen molar-refractivity contribution in [2.45, 2.75) is 0 Å². The SMILES string of the molecule is c1ccc2c(-c3nncc4ccccc34)nncc2c1. The van der Waals surface area contributed by atoms with Crippen molar-refractivity contribution >= 4 is 21.5 Å². The number of hydrogen-bond acceptors (Lipinski definition) is 4. The lowest BCUT2D eigenvalue weighted by Gasteiger charge is -2.06. The van der Waals surface area contributed by atoms with Gasteiger partial charge in [-0.25, -0.2) is 0 Å². The van der Waals surface area contributed by atoms with Crippen LogP contribution in [-0.2, 0) is 0 Å². The summed E-state index contributed by atoms with van der Waals surface area (Å²) in [6.45, 7) is 0. The molecule has 20 heavy (non-hydrogen) atoms. The predicted octanol–water partition coefficient (Wildman–Crippen LogP) is 3.24. The van der Waals surface area contributed by atoms with E-state index in [-0.39, 0.29) is 0 Å². The molecule has 4 aromatic rings. The summed E-state index contributed by atoms with van der Waals surface area (Å²) < 4.78 is 0. The summed E-state index contributed by atoms with van der Waals surface area (Å²) in [6.07, 6.45) is 3.52. The standard InChI is InChI=1S/C16H10N4/c1-3-7-13-11(5-1)9-17-19-15(13)16-14-8-4-2-6-12(14)10-18-20-16/h1-10H. The van der Waals surface area contributed by atoms with Crippen molar-refractivity contribution in [1.29, 1.82) is 0 Å². The van der Waals surface area contributed by atoms with Crippen molar-refractivity contribution in [2.75, 3.05) is 0 Å². The molecule has 0 aliphatic carbocycles. The molecule has 0 amide bonds. The first-order valence-corrected chi connectivity index (χ1v) is 6.35. The van der Waals surface area contributed by atoms with Crippen molar-refractivity contribution in [1.82, 2.24) is 20.4 Å². The summed E-state index contributed by atoms with van der Waals surface area (Å²) in [7, 11) is 0. The summed E-state index contributed by atoms with van der Waals surface area (Å²) >= 11 is 0. The van der Waals surface area contributed by atoms with E-state index in [1.165, 1.54) is 0 Å². The van der Waals surface area contributed by atoms with Crippen LogP contribution in [0.4, 0.5) is 0 Å². The molecule has 0 radical (unpaired) electrons. The Balaban J connectivity index is 2.12. The molecule has 0 spiro atoms. The molecule has 0 saturated carbocycles. The second kappa shape index (κ2) is 4.35. The van der Waals surface area contributed by atoms with Gasteiger partial charge in [0.05, 0.1) is 12.4 Å². The lowest BCUT2D eigenvalue weighted by Crippen LogP contribution is -1.95. The summed E-state index contributed by atoms with van der Waals surface area (Å²) in [5.74, 6) is 0. The van der Waals surface area contributed by atoms with Crippen LogP contribution in [0, 0.1) is 0 Å². The van der Waals surface area contributed by atoms with Gasteiger partial charge in [0.1, 0.15) is 11.4 Å². The molecule has 0 bridgehead atoms. The fourth-order valence-corrected chi connectivity index (χ4v) is 2.41. The van der Waals surface area contributed by atoms with E-state index < -0.39 is 0 Å². The van der Waals surface area contributed by atoms with Crippen molar-refractivity contribution in [3.05, 3.63) is 60.9 Å².